The van der Waals surface area contributed by atoms with Crippen molar-refractivity contribution in [1.82, 2.24) is 30.1 Å². The van der Waals surface area contributed by atoms with Crippen LogP contribution < -0.4 is 9.85 Å². The molecule has 5 aromatic rings. The van der Waals surface area contributed by atoms with E-state index in [-0.39, 0.29) is 6.04 Å². The van der Waals surface area contributed by atoms with E-state index in [9.17, 15) is 0 Å². The number of hydrogen-bond acceptors (Lipinski definition) is 7. The van der Waals surface area contributed by atoms with Crippen LogP contribution in [0.25, 0.3) is 16.9 Å². The van der Waals surface area contributed by atoms with Gasteiger partial charge in [0.05, 0.1) is 24.2 Å². The second-order valence-electron chi connectivity index (χ2n) is 8.60. The predicted octanol–water partition coefficient (Wildman–Crippen LogP) is 4.33. The first kappa shape index (κ1) is 21.7. The Morgan fingerprint density at radius 3 is 2.33 bits per heavy atom. The third-order valence-corrected chi connectivity index (χ3v) is 6.28. The molecule has 1 aliphatic rings. The van der Waals surface area contributed by atoms with E-state index < -0.39 is 0 Å². The van der Waals surface area contributed by atoms with Crippen LogP contribution in [0.3, 0.4) is 0 Å². The summed E-state index contributed by atoms with van der Waals surface area (Å²) in [6.45, 7) is 2.08. The molecule has 0 N–H and O–H groups in total. The van der Waals surface area contributed by atoms with Crippen molar-refractivity contribution in [2.24, 2.45) is 5.10 Å². The van der Waals surface area contributed by atoms with Crippen LogP contribution in [0, 0.1) is 6.92 Å². The van der Waals surface area contributed by atoms with Gasteiger partial charge in [0, 0.05) is 23.7 Å². The summed E-state index contributed by atoms with van der Waals surface area (Å²) in [5.74, 6) is 0.800. The molecule has 0 amide bonds. The quantitative estimate of drug-likeness (QED) is 0.363. The lowest BCUT2D eigenvalue weighted by Crippen LogP contribution is -2.32. The Morgan fingerprint density at radius 1 is 0.889 bits per heavy atom. The number of hydrazone groups is 1. The lowest BCUT2D eigenvalue weighted by Gasteiger charge is -2.20. The van der Waals surface area contributed by atoms with Crippen LogP contribution in [0.5, 0.6) is 5.75 Å². The molecule has 0 saturated heterocycles. The van der Waals surface area contributed by atoms with Gasteiger partial charge < -0.3 is 4.74 Å². The van der Waals surface area contributed by atoms with Crippen LogP contribution in [0.15, 0.2) is 96.5 Å². The molecule has 0 radical (unpaired) electrons. The van der Waals surface area contributed by atoms with E-state index in [1.807, 2.05) is 59.3 Å². The number of aromatic nitrogens is 6. The Balaban J connectivity index is 1.47. The molecule has 36 heavy (non-hydrogen) atoms. The van der Waals surface area contributed by atoms with E-state index in [2.05, 4.69) is 52.8 Å². The molecule has 9 nitrogen and oxygen atoms in total. The Labute approximate surface area is 208 Å². The van der Waals surface area contributed by atoms with Gasteiger partial charge in [-0.2, -0.15) is 15.3 Å². The first-order valence-corrected chi connectivity index (χ1v) is 11.7. The van der Waals surface area contributed by atoms with Gasteiger partial charge in [0.25, 0.3) is 0 Å². The average Bonchev–Trinajstić information content (AvgIpc) is 3.69. The Morgan fingerprint density at radius 2 is 1.64 bits per heavy atom. The molecule has 2 aromatic heterocycles. The number of para-hydroxylation sites is 1. The molecule has 1 unspecified atom stereocenters. The highest BCUT2D eigenvalue weighted by Crippen LogP contribution is 2.37. The van der Waals surface area contributed by atoms with Gasteiger partial charge in [-0.1, -0.05) is 48.0 Å². The second-order valence-corrected chi connectivity index (χ2v) is 8.60. The van der Waals surface area contributed by atoms with Crippen molar-refractivity contribution in [3.63, 3.8) is 0 Å². The zero-order valence-corrected chi connectivity index (χ0v) is 19.9. The number of nitrogens with zero attached hydrogens (tertiary/aromatic N) is 8. The minimum Gasteiger partial charge on any atom is -0.497 e. The van der Waals surface area contributed by atoms with Crippen molar-refractivity contribution in [3.05, 3.63) is 108 Å². The standard InChI is InChI=1S/C27H24N8O/c1-19-8-10-21(11-9-19)27-24(17-33(31-27)22-6-4-3-5-7-22)26-16-25(20-12-14-23(36-2)15-13-20)30-34(26)35-29-18-28-32-35/h3-15,17-18,26H,16H2,1-2H3. The van der Waals surface area contributed by atoms with Crippen molar-refractivity contribution in [2.45, 2.75) is 19.4 Å². The minimum absolute atomic E-state index is 0.190. The number of ether oxygens (including phenoxy) is 1. The lowest BCUT2D eigenvalue weighted by molar-refractivity contribution is 0.415. The van der Waals surface area contributed by atoms with Crippen molar-refractivity contribution < 1.29 is 4.74 Å². The molecule has 3 aromatic carbocycles. The maximum absolute atomic E-state index is 5.33. The molecule has 0 bridgehead atoms. The number of rotatable bonds is 6. The molecule has 0 aliphatic carbocycles. The van der Waals surface area contributed by atoms with Crippen molar-refractivity contribution in [1.29, 1.82) is 0 Å². The van der Waals surface area contributed by atoms with E-state index in [1.54, 1.807) is 12.2 Å². The summed E-state index contributed by atoms with van der Waals surface area (Å²) in [5, 5.41) is 24.0. The van der Waals surface area contributed by atoms with Gasteiger partial charge >= 0.3 is 0 Å². The summed E-state index contributed by atoms with van der Waals surface area (Å²) in [6, 6.07) is 26.2. The monoisotopic (exact) mass is 476 g/mol. The average molecular weight is 477 g/mol. The highest BCUT2D eigenvalue weighted by Gasteiger charge is 2.35. The molecular weight excluding hydrogens is 452 g/mol. The second kappa shape index (κ2) is 9.10. The Bertz CT molecular complexity index is 1490. The zero-order chi connectivity index (χ0) is 24.5. The Kier molecular flexibility index (Phi) is 5.49. The number of benzene rings is 3. The maximum Gasteiger partial charge on any atom is 0.164 e. The molecular formula is C27H24N8O. The zero-order valence-electron chi connectivity index (χ0n) is 19.9. The summed E-state index contributed by atoms with van der Waals surface area (Å²) < 4.78 is 7.25. The molecule has 1 atom stereocenters. The van der Waals surface area contributed by atoms with Gasteiger partial charge in [-0.3, -0.25) is 0 Å². The van der Waals surface area contributed by atoms with Crippen LogP contribution in [0.1, 0.15) is 29.2 Å². The molecule has 1 aliphatic heterocycles. The summed E-state index contributed by atoms with van der Waals surface area (Å²) >= 11 is 0. The number of aryl methyl sites for hydroxylation is 1. The molecule has 0 spiro atoms. The third kappa shape index (κ3) is 4.00. The van der Waals surface area contributed by atoms with E-state index in [4.69, 9.17) is 14.9 Å². The van der Waals surface area contributed by atoms with Crippen LogP contribution in [-0.2, 0) is 0 Å². The van der Waals surface area contributed by atoms with Crippen LogP contribution in [-0.4, -0.2) is 42.9 Å². The number of methoxy groups -OCH3 is 1. The number of hydrogen-bond donors (Lipinski definition) is 0. The maximum atomic E-state index is 5.33. The first-order valence-electron chi connectivity index (χ1n) is 11.7. The van der Waals surface area contributed by atoms with Gasteiger partial charge in [0.2, 0.25) is 0 Å². The molecule has 0 saturated carbocycles. The molecule has 178 valence electrons. The Hall–Kier alpha value is -4.79. The van der Waals surface area contributed by atoms with E-state index in [0.717, 1.165) is 39.5 Å². The van der Waals surface area contributed by atoms with Crippen molar-refractivity contribution in [3.8, 4) is 22.7 Å². The lowest BCUT2D eigenvalue weighted by atomic mass is 9.96. The van der Waals surface area contributed by atoms with Gasteiger partial charge in [-0.05, 0) is 59.0 Å². The first-order chi connectivity index (χ1) is 17.7. The SMILES string of the molecule is COc1ccc(C2=NN(n3ncnn3)C(c3cn(-c4ccccc4)nc3-c3ccc(C)cc3)C2)cc1. The molecule has 6 rings (SSSR count). The highest BCUT2D eigenvalue weighted by atomic mass is 16.5. The van der Waals surface area contributed by atoms with Crippen molar-refractivity contribution in [2.75, 3.05) is 12.2 Å². The van der Waals surface area contributed by atoms with Crippen LogP contribution in [0.4, 0.5) is 0 Å². The fourth-order valence-corrected chi connectivity index (χ4v) is 4.39. The summed E-state index contributed by atoms with van der Waals surface area (Å²) in [6.07, 6.45) is 4.13. The summed E-state index contributed by atoms with van der Waals surface area (Å²) in [5.41, 5.74) is 7.05. The van der Waals surface area contributed by atoms with E-state index in [1.165, 1.54) is 16.8 Å². The normalized spacial score (nSPS) is 15.2. The van der Waals surface area contributed by atoms with E-state index >= 15 is 0 Å². The largest absolute Gasteiger partial charge is 0.497 e. The predicted molar refractivity (Wildman–Crippen MR) is 137 cm³/mol. The van der Waals surface area contributed by atoms with Gasteiger partial charge in [-0.25, -0.2) is 4.68 Å². The molecule has 9 heteroatoms. The topological polar surface area (TPSA) is 86.3 Å². The van der Waals surface area contributed by atoms with Gasteiger partial charge in [0.1, 0.15) is 11.8 Å². The summed E-state index contributed by atoms with van der Waals surface area (Å²) in [7, 11) is 1.66. The third-order valence-electron chi connectivity index (χ3n) is 6.28. The highest BCUT2D eigenvalue weighted by molar-refractivity contribution is 6.02. The molecule has 0 fully saturated rings. The molecule has 3 heterocycles. The fraction of sp³-hybridized carbons (Fsp3) is 0.148. The van der Waals surface area contributed by atoms with Crippen molar-refractivity contribution >= 4 is 5.71 Å². The minimum atomic E-state index is -0.190. The van der Waals surface area contributed by atoms with E-state index in [0.29, 0.717) is 6.42 Å². The smallest absolute Gasteiger partial charge is 0.164 e. The van der Waals surface area contributed by atoms with Crippen LogP contribution in [0.2, 0.25) is 0 Å². The van der Waals surface area contributed by atoms with Crippen LogP contribution >= 0.6 is 0 Å². The van der Waals surface area contributed by atoms with Gasteiger partial charge in [0.15, 0.2) is 6.33 Å². The summed E-state index contributed by atoms with van der Waals surface area (Å²) in [4.78, 5) is 1.43. The van der Waals surface area contributed by atoms with Gasteiger partial charge in [-0.15, -0.1) is 10.2 Å². The fourth-order valence-electron chi connectivity index (χ4n) is 4.39. The number of tetrazole rings is 1.